The molecule has 0 unspecified atom stereocenters. The number of rotatable bonds is 6. The van der Waals surface area contributed by atoms with Gasteiger partial charge in [0.25, 0.3) is 0 Å². The molecule has 0 heterocycles. The van der Waals surface area contributed by atoms with Crippen LogP contribution in [0, 0.1) is 12.7 Å². The summed E-state index contributed by atoms with van der Waals surface area (Å²) in [6.45, 7) is 3.50. The molecule has 0 aliphatic rings. The molecule has 0 fully saturated rings. The van der Waals surface area contributed by atoms with Gasteiger partial charge in [-0.25, -0.2) is 12.8 Å². The molecule has 26 heavy (non-hydrogen) atoms. The molecule has 0 radical (unpaired) electrons. The van der Waals surface area contributed by atoms with Gasteiger partial charge in [-0.05, 0) is 61.4 Å². The predicted octanol–water partition coefficient (Wildman–Crippen LogP) is 3.97. The summed E-state index contributed by atoms with van der Waals surface area (Å²) >= 11 is 5.92. The quantitative estimate of drug-likeness (QED) is 0.800. The van der Waals surface area contributed by atoms with Crippen molar-refractivity contribution < 1.29 is 17.6 Å². The lowest BCUT2D eigenvalue weighted by atomic mass is 10.1. The first-order valence-corrected chi connectivity index (χ1v) is 10.2. The Morgan fingerprint density at radius 3 is 2.35 bits per heavy atom. The minimum absolute atomic E-state index is 0.226. The lowest BCUT2D eigenvalue weighted by Crippen LogP contribution is -2.47. The number of hydrogen-bond donors (Lipinski definition) is 1. The van der Waals surface area contributed by atoms with Gasteiger partial charge in [0.1, 0.15) is 11.9 Å². The number of benzene rings is 2. The summed E-state index contributed by atoms with van der Waals surface area (Å²) in [4.78, 5) is 12.8. The van der Waals surface area contributed by atoms with Crippen LogP contribution in [0.25, 0.3) is 0 Å². The Balaban J connectivity index is 2.38. The van der Waals surface area contributed by atoms with E-state index < -0.39 is 27.8 Å². The molecule has 0 saturated carbocycles. The summed E-state index contributed by atoms with van der Waals surface area (Å²) in [5.74, 6) is -0.968. The molecule has 2 rings (SSSR count). The van der Waals surface area contributed by atoms with Crippen molar-refractivity contribution in [3.8, 4) is 0 Å². The molecule has 1 amide bonds. The molecule has 0 bridgehead atoms. The normalized spacial score (nSPS) is 12.5. The van der Waals surface area contributed by atoms with Crippen molar-refractivity contribution >= 4 is 38.9 Å². The molecular weight excluding hydrogens is 379 g/mol. The zero-order chi connectivity index (χ0) is 19.5. The van der Waals surface area contributed by atoms with Crippen LogP contribution < -0.4 is 9.62 Å². The average molecular weight is 399 g/mol. The predicted molar refractivity (Wildman–Crippen MR) is 103 cm³/mol. The SMILES string of the molecule is CC[C@H](C(=O)Nc1ccc(Cl)cc1C)N(c1ccc(F)cc1)S(C)(=O)=O. The van der Waals surface area contributed by atoms with Crippen molar-refractivity contribution in [3.05, 3.63) is 58.9 Å². The van der Waals surface area contributed by atoms with Crippen molar-refractivity contribution in [3.63, 3.8) is 0 Å². The first-order valence-electron chi connectivity index (χ1n) is 7.95. The van der Waals surface area contributed by atoms with Gasteiger partial charge in [0.2, 0.25) is 15.9 Å². The van der Waals surface area contributed by atoms with Crippen molar-refractivity contribution in [2.75, 3.05) is 15.9 Å². The second-order valence-corrected chi connectivity index (χ2v) is 8.20. The zero-order valence-corrected chi connectivity index (χ0v) is 16.2. The number of halogens is 2. The van der Waals surface area contributed by atoms with Gasteiger partial charge >= 0.3 is 0 Å². The van der Waals surface area contributed by atoms with Crippen LogP contribution in [0.4, 0.5) is 15.8 Å². The Morgan fingerprint density at radius 2 is 1.85 bits per heavy atom. The van der Waals surface area contributed by atoms with Gasteiger partial charge in [0.15, 0.2) is 0 Å². The van der Waals surface area contributed by atoms with Gasteiger partial charge in [0.05, 0.1) is 11.9 Å². The van der Waals surface area contributed by atoms with E-state index in [1.54, 1.807) is 32.0 Å². The number of aryl methyl sites for hydroxylation is 1. The molecule has 8 heteroatoms. The van der Waals surface area contributed by atoms with Crippen LogP contribution in [0.5, 0.6) is 0 Å². The largest absolute Gasteiger partial charge is 0.324 e. The van der Waals surface area contributed by atoms with Crippen molar-refractivity contribution in [1.82, 2.24) is 0 Å². The number of hydrogen-bond acceptors (Lipinski definition) is 3. The fraction of sp³-hybridized carbons (Fsp3) is 0.278. The molecule has 0 aromatic heterocycles. The summed E-state index contributed by atoms with van der Waals surface area (Å²) in [5.41, 5.74) is 1.53. The highest BCUT2D eigenvalue weighted by Gasteiger charge is 2.31. The van der Waals surface area contributed by atoms with Crippen molar-refractivity contribution in [2.24, 2.45) is 0 Å². The standard InChI is InChI=1S/C18H20ClFN2O3S/c1-4-17(18(23)21-16-10-5-13(19)11-12(16)2)22(26(3,24)25)15-8-6-14(20)7-9-15/h5-11,17H,4H2,1-3H3,(H,21,23)/t17-/m1/s1. The number of nitrogens with zero attached hydrogens (tertiary/aromatic N) is 1. The highest BCUT2D eigenvalue weighted by molar-refractivity contribution is 7.92. The van der Waals surface area contributed by atoms with Crippen LogP contribution in [-0.4, -0.2) is 26.6 Å². The summed E-state index contributed by atoms with van der Waals surface area (Å²) in [5, 5.41) is 3.28. The molecule has 5 nitrogen and oxygen atoms in total. The number of carbonyl (C=O) groups is 1. The van der Waals surface area contributed by atoms with E-state index in [0.29, 0.717) is 10.7 Å². The number of sulfonamides is 1. The lowest BCUT2D eigenvalue weighted by molar-refractivity contribution is -0.117. The molecule has 140 valence electrons. The summed E-state index contributed by atoms with van der Waals surface area (Å²) in [7, 11) is -3.77. The molecule has 2 aromatic rings. The van der Waals surface area contributed by atoms with E-state index in [2.05, 4.69) is 5.32 Å². The third-order valence-electron chi connectivity index (χ3n) is 3.86. The zero-order valence-electron chi connectivity index (χ0n) is 14.7. The molecule has 2 aromatic carbocycles. The first-order chi connectivity index (χ1) is 12.1. The van der Waals surface area contributed by atoms with E-state index in [4.69, 9.17) is 11.6 Å². The van der Waals surface area contributed by atoms with Crippen LogP contribution in [0.3, 0.4) is 0 Å². The van der Waals surface area contributed by atoms with E-state index in [0.717, 1.165) is 28.3 Å². The molecular formula is C18H20ClFN2O3S. The molecule has 0 spiro atoms. The number of anilines is 2. The maximum absolute atomic E-state index is 13.2. The number of carbonyl (C=O) groups excluding carboxylic acids is 1. The smallest absolute Gasteiger partial charge is 0.248 e. The number of amides is 1. The third-order valence-corrected chi connectivity index (χ3v) is 5.27. The Morgan fingerprint density at radius 1 is 1.23 bits per heavy atom. The number of nitrogens with one attached hydrogen (secondary N) is 1. The van der Waals surface area contributed by atoms with E-state index >= 15 is 0 Å². The molecule has 1 N–H and O–H groups in total. The van der Waals surface area contributed by atoms with Gasteiger partial charge in [-0.1, -0.05) is 18.5 Å². The van der Waals surface area contributed by atoms with E-state index in [1.165, 1.54) is 12.1 Å². The highest BCUT2D eigenvalue weighted by Crippen LogP contribution is 2.25. The monoisotopic (exact) mass is 398 g/mol. The minimum atomic E-state index is -3.77. The Kier molecular flexibility index (Phi) is 6.26. The highest BCUT2D eigenvalue weighted by atomic mass is 35.5. The molecule has 0 saturated heterocycles. The van der Waals surface area contributed by atoms with Crippen LogP contribution in [-0.2, 0) is 14.8 Å². The second-order valence-electron chi connectivity index (χ2n) is 5.91. The summed E-state index contributed by atoms with van der Waals surface area (Å²) in [6, 6.07) is 8.99. The fourth-order valence-electron chi connectivity index (χ4n) is 2.63. The van der Waals surface area contributed by atoms with Crippen molar-refractivity contribution in [2.45, 2.75) is 26.3 Å². The summed E-state index contributed by atoms with van der Waals surface area (Å²) < 4.78 is 38.8. The van der Waals surface area contributed by atoms with Crippen LogP contribution in [0.1, 0.15) is 18.9 Å². The molecule has 1 atom stereocenters. The Labute approximate surface area is 157 Å². The maximum Gasteiger partial charge on any atom is 0.248 e. The average Bonchev–Trinajstić information content (AvgIpc) is 2.55. The molecule has 0 aliphatic carbocycles. The summed E-state index contributed by atoms with van der Waals surface area (Å²) in [6.07, 6.45) is 1.25. The Bertz CT molecular complexity index is 901. The van der Waals surface area contributed by atoms with Crippen LogP contribution >= 0.6 is 11.6 Å². The topological polar surface area (TPSA) is 66.5 Å². The first kappa shape index (κ1) is 20.2. The van der Waals surface area contributed by atoms with E-state index in [1.807, 2.05) is 0 Å². The Hall–Kier alpha value is -2.12. The third kappa shape index (κ3) is 4.74. The lowest BCUT2D eigenvalue weighted by Gasteiger charge is -2.30. The van der Waals surface area contributed by atoms with Crippen LogP contribution in [0.15, 0.2) is 42.5 Å². The van der Waals surface area contributed by atoms with Gasteiger partial charge in [-0.3, -0.25) is 9.10 Å². The van der Waals surface area contributed by atoms with E-state index in [9.17, 15) is 17.6 Å². The van der Waals surface area contributed by atoms with Gasteiger partial charge in [0, 0.05) is 10.7 Å². The fourth-order valence-corrected chi connectivity index (χ4v) is 4.07. The van der Waals surface area contributed by atoms with Gasteiger partial charge in [-0.15, -0.1) is 0 Å². The second kappa shape index (κ2) is 8.05. The van der Waals surface area contributed by atoms with E-state index in [-0.39, 0.29) is 12.1 Å². The minimum Gasteiger partial charge on any atom is -0.324 e. The van der Waals surface area contributed by atoms with Crippen molar-refractivity contribution in [1.29, 1.82) is 0 Å². The maximum atomic E-state index is 13.2. The molecule has 0 aliphatic heterocycles. The van der Waals surface area contributed by atoms with Gasteiger partial charge in [-0.2, -0.15) is 0 Å². The van der Waals surface area contributed by atoms with Gasteiger partial charge < -0.3 is 5.32 Å². The van der Waals surface area contributed by atoms with Crippen LogP contribution in [0.2, 0.25) is 5.02 Å².